The van der Waals surface area contributed by atoms with Gasteiger partial charge in [-0.05, 0) is 19.4 Å². The molecule has 2 fully saturated rings. The van der Waals surface area contributed by atoms with Crippen molar-refractivity contribution in [3.63, 3.8) is 0 Å². The van der Waals surface area contributed by atoms with Crippen LogP contribution < -0.4 is 5.32 Å². The second-order valence-electron chi connectivity index (χ2n) is 5.52. The van der Waals surface area contributed by atoms with Crippen molar-refractivity contribution in [1.29, 1.82) is 0 Å². The summed E-state index contributed by atoms with van der Waals surface area (Å²) in [5.41, 5.74) is -0.707. The van der Waals surface area contributed by atoms with Gasteiger partial charge in [0.25, 0.3) is 0 Å². The lowest BCUT2D eigenvalue weighted by Gasteiger charge is -2.39. The Labute approximate surface area is 113 Å². The quantitative estimate of drug-likeness (QED) is 0.783. The Balaban J connectivity index is 1.77. The molecule has 2 aliphatic rings. The first-order chi connectivity index (χ1) is 9.07. The van der Waals surface area contributed by atoms with Crippen LogP contribution in [0.2, 0.25) is 0 Å². The summed E-state index contributed by atoms with van der Waals surface area (Å²) in [6.07, 6.45) is 2.29. The molecule has 0 bridgehead atoms. The summed E-state index contributed by atoms with van der Waals surface area (Å²) in [6.45, 7) is 6.62. The lowest BCUT2D eigenvalue weighted by Crippen LogP contribution is -2.54. The molecule has 0 aromatic heterocycles. The van der Waals surface area contributed by atoms with Crippen molar-refractivity contribution in [3.05, 3.63) is 0 Å². The summed E-state index contributed by atoms with van der Waals surface area (Å²) in [5.74, 6) is -0.783. The zero-order valence-corrected chi connectivity index (χ0v) is 11.5. The Morgan fingerprint density at radius 3 is 2.26 bits per heavy atom. The molecule has 6 heteroatoms. The van der Waals surface area contributed by atoms with E-state index in [9.17, 15) is 14.7 Å². The molecule has 1 saturated heterocycles. The molecule has 19 heavy (non-hydrogen) atoms. The number of nitrogens with zero attached hydrogens (tertiary/aromatic N) is 2. The van der Waals surface area contributed by atoms with Crippen molar-refractivity contribution in [1.82, 2.24) is 15.1 Å². The monoisotopic (exact) mass is 269 g/mol. The van der Waals surface area contributed by atoms with E-state index in [2.05, 4.69) is 17.1 Å². The Morgan fingerprint density at radius 1 is 1.21 bits per heavy atom. The van der Waals surface area contributed by atoms with Gasteiger partial charge >= 0.3 is 12.0 Å². The van der Waals surface area contributed by atoms with Gasteiger partial charge in [-0.2, -0.15) is 0 Å². The molecule has 1 aliphatic carbocycles. The van der Waals surface area contributed by atoms with Gasteiger partial charge in [-0.3, -0.25) is 4.79 Å². The van der Waals surface area contributed by atoms with Gasteiger partial charge in [0.05, 0.1) is 5.41 Å². The molecule has 0 aromatic rings. The molecule has 2 N–H and O–H groups in total. The van der Waals surface area contributed by atoms with Crippen LogP contribution in [0.1, 0.15) is 26.2 Å². The molecule has 0 atom stereocenters. The van der Waals surface area contributed by atoms with Gasteiger partial charge in [-0.25, -0.2) is 4.79 Å². The zero-order chi connectivity index (χ0) is 13.9. The molecule has 1 saturated carbocycles. The third kappa shape index (κ3) is 3.00. The van der Waals surface area contributed by atoms with Crippen LogP contribution in [0.5, 0.6) is 0 Å². The minimum Gasteiger partial charge on any atom is -0.481 e. The number of nitrogens with one attached hydrogen (secondary N) is 1. The summed E-state index contributed by atoms with van der Waals surface area (Å²) in [6, 6.07) is -0.122. The highest BCUT2D eigenvalue weighted by molar-refractivity contribution is 5.79. The van der Waals surface area contributed by atoms with Gasteiger partial charge in [0.2, 0.25) is 0 Å². The van der Waals surface area contributed by atoms with Crippen LogP contribution in [0.15, 0.2) is 0 Å². The average Bonchev–Trinajstić information content (AvgIpc) is 2.37. The number of hydrogen-bond acceptors (Lipinski definition) is 3. The summed E-state index contributed by atoms with van der Waals surface area (Å²) < 4.78 is 0. The minimum atomic E-state index is -0.783. The number of amides is 2. The molecule has 2 rings (SSSR count). The predicted molar refractivity (Wildman–Crippen MR) is 71.0 cm³/mol. The highest BCUT2D eigenvalue weighted by atomic mass is 16.4. The topological polar surface area (TPSA) is 72.9 Å². The first kappa shape index (κ1) is 14.1. The Bertz CT molecular complexity index is 347. The van der Waals surface area contributed by atoms with Crippen LogP contribution in [0.3, 0.4) is 0 Å². The van der Waals surface area contributed by atoms with Gasteiger partial charge in [-0.1, -0.05) is 13.3 Å². The number of carboxylic acids is 1. The number of likely N-dealkylation sites (N-methyl/N-ethyl adjacent to an activating group) is 1. The number of carboxylic acid groups (broad SMARTS) is 1. The molecule has 6 nitrogen and oxygen atoms in total. The Hall–Kier alpha value is -1.30. The molecule has 108 valence electrons. The summed E-state index contributed by atoms with van der Waals surface area (Å²) >= 11 is 0. The fraction of sp³-hybridized carbons (Fsp3) is 0.846. The number of piperazine rings is 1. The lowest BCUT2D eigenvalue weighted by atomic mass is 9.69. The molecule has 0 unspecified atom stereocenters. The molecule has 1 heterocycles. The second kappa shape index (κ2) is 5.77. The van der Waals surface area contributed by atoms with Gasteiger partial charge in [0.15, 0.2) is 0 Å². The van der Waals surface area contributed by atoms with E-state index in [-0.39, 0.29) is 12.6 Å². The zero-order valence-electron chi connectivity index (χ0n) is 11.5. The third-order valence-electron chi connectivity index (χ3n) is 4.45. The van der Waals surface area contributed by atoms with Crippen molar-refractivity contribution in [3.8, 4) is 0 Å². The van der Waals surface area contributed by atoms with E-state index in [1.165, 1.54) is 0 Å². The number of carbonyl (C=O) groups excluding carboxylic acids is 1. The summed E-state index contributed by atoms with van der Waals surface area (Å²) in [4.78, 5) is 27.3. The maximum atomic E-state index is 12.0. The second-order valence-corrected chi connectivity index (χ2v) is 5.52. The molecule has 0 spiro atoms. The van der Waals surface area contributed by atoms with E-state index >= 15 is 0 Å². The highest BCUT2D eigenvalue weighted by Gasteiger charge is 2.44. The third-order valence-corrected chi connectivity index (χ3v) is 4.45. The van der Waals surface area contributed by atoms with Crippen LogP contribution in [0.4, 0.5) is 4.79 Å². The fourth-order valence-electron chi connectivity index (χ4n) is 2.69. The van der Waals surface area contributed by atoms with Gasteiger partial charge in [0, 0.05) is 32.7 Å². The summed E-state index contributed by atoms with van der Waals surface area (Å²) in [7, 11) is 0. The van der Waals surface area contributed by atoms with Gasteiger partial charge in [-0.15, -0.1) is 0 Å². The van der Waals surface area contributed by atoms with Crippen LogP contribution in [-0.2, 0) is 4.79 Å². The molecular formula is C13H23N3O3. The van der Waals surface area contributed by atoms with E-state index in [4.69, 9.17) is 0 Å². The van der Waals surface area contributed by atoms with E-state index in [0.29, 0.717) is 12.8 Å². The number of carbonyl (C=O) groups is 2. The molecule has 0 aromatic carbocycles. The van der Waals surface area contributed by atoms with Crippen LogP contribution in [-0.4, -0.2) is 66.2 Å². The average molecular weight is 269 g/mol. The predicted octanol–water partition coefficient (Wildman–Crippen LogP) is 0.588. The number of urea groups is 1. The van der Waals surface area contributed by atoms with Crippen LogP contribution in [0, 0.1) is 5.41 Å². The number of rotatable bonds is 4. The summed E-state index contributed by atoms with van der Waals surface area (Å²) in [5, 5.41) is 12.0. The maximum Gasteiger partial charge on any atom is 0.317 e. The van der Waals surface area contributed by atoms with Crippen molar-refractivity contribution in [2.75, 3.05) is 39.3 Å². The van der Waals surface area contributed by atoms with Crippen molar-refractivity contribution in [2.45, 2.75) is 26.2 Å². The molecule has 0 radical (unpaired) electrons. The Morgan fingerprint density at radius 2 is 1.84 bits per heavy atom. The van der Waals surface area contributed by atoms with E-state index in [0.717, 1.165) is 39.1 Å². The highest BCUT2D eigenvalue weighted by Crippen LogP contribution is 2.40. The van der Waals surface area contributed by atoms with Gasteiger partial charge in [0.1, 0.15) is 0 Å². The first-order valence-electron chi connectivity index (χ1n) is 7.06. The van der Waals surface area contributed by atoms with Crippen molar-refractivity contribution in [2.24, 2.45) is 5.41 Å². The van der Waals surface area contributed by atoms with Crippen molar-refractivity contribution >= 4 is 12.0 Å². The van der Waals surface area contributed by atoms with E-state index < -0.39 is 11.4 Å². The Kier molecular flexibility index (Phi) is 4.29. The maximum absolute atomic E-state index is 12.0. The van der Waals surface area contributed by atoms with Crippen LogP contribution >= 0.6 is 0 Å². The number of aliphatic carboxylic acids is 1. The normalized spacial score (nSPS) is 22.7. The molecule has 1 aliphatic heterocycles. The minimum absolute atomic E-state index is 0.122. The number of hydrogen-bond donors (Lipinski definition) is 2. The SMILES string of the molecule is CCN1CCN(C(=O)NCC2(C(=O)O)CCC2)CC1. The van der Waals surface area contributed by atoms with E-state index in [1.54, 1.807) is 4.90 Å². The first-order valence-corrected chi connectivity index (χ1v) is 7.06. The van der Waals surface area contributed by atoms with Gasteiger partial charge < -0.3 is 20.2 Å². The van der Waals surface area contributed by atoms with E-state index in [1.807, 2.05) is 0 Å². The van der Waals surface area contributed by atoms with Crippen LogP contribution in [0.25, 0.3) is 0 Å². The molecular weight excluding hydrogens is 246 g/mol. The largest absolute Gasteiger partial charge is 0.481 e. The smallest absolute Gasteiger partial charge is 0.317 e. The lowest BCUT2D eigenvalue weighted by molar-refractivity contribution is -0.153. The molecule has 2 amide bonds. The van der Waals surface area contributed by atoms with Crippen molar-refractivity contribution < 1.29 is 14.7 Å². The standard InChI is InChI=1S/C13H23N3O3/c1-2-15-6-8-16(9-7-15)12(19)14-10-13(11(17)18)4-3-5-13/h2-10H2,1H3,(H,14,19)(H,17,18). The fourth-order valence-corrected chi connectivity index (χ4v) is 2.69.